The average Bonchev–Trinajstić information content (AvgIpc) is 2.63. The Morgan fingerprint density at radius 2 is 2.00 bits per heavy atom. The Labute approximate surface area is 66.9 Å². The van der Waals surface area contributed by atoms with Crippen molar-refractivity contribution in [1.82, 2.24) is 4.90 Å². The highest BCUT2D eigenvalue weighted by atomic mass is 32.2. The highest BCUT2D eigenvalue weighted by Crippen LogP contribution is 2.27. The van der Waals surface area contributed by atoms with Crippen LogP contribution in [0.3, 0.4) is 0 Å². The minimum absolute atomic E-state index is 0.354. The SMILES string of the molecule is CC(N(C)C1CC1)S(=O)(=O)O. The van der Waals surface area contributed by atoms with E-state index in [-0.39, 0.29) is 0 Å². The zero-order valence-corrected chi connectivity index (χ0v) is 7.50. The van der Waals surface area contributed by atoms with Crippen molar-refractivity contribution >= 4 is 10.1 Å². The van der Waals surface area contributed by atoms with Crippen molar-refractivity contribution in [1.29, 1.82) is 0 Å². The Morgan fingerprint density at radius 1 is 1.55 bits per heavy atom. The van der Waals surface area contributed by atoms with E-state index in [2.05, 4.69) is 0 Å². The van der Waals surface area contributed by atoms with Gasteiger partial charge in [-0.3, -0.25) is 9.45 Å². The van der Waals surface area contributed by atoms with Crippen molar-refractivity contribution in [2.45, 2.75) is 31.2 Å². The van der Waals surface area contributed by atoms with Crippen LogP contribution >= 0.6 is 0 Å². The molecule has 66 valence electrons. The summed E-state index contributed by atoms with van der Waals surface area (Å²) in [5, 5.41) is -0.769. The van der Waals surface area contributed by atoms with E-state index in [1.54, 1.807) is 11.9 Å². The number of nitrogens with zero attached hydrogens (tertiary/aromatic N) is 1. The van der Waals surface area contributed by atoms with Crippen LogP contribution in [-0.4, -0.2) is 36.3 Å². The van der Waals surface area contributed by atoms with Gasteiger partial charge in [-0.2, -0.15) is 8.42 Å². The van der Waals surface area contributed by atoms with Gasteiger partial charge in [-0.15, -0.1) is 0 Å². The molecule has 0 spiro atoms. The van der Waals surface area contributed by atoms with Gasteiger partial charge in [0.2, 0.25) is 0 Å². The molecular weight excluding hydrogens is 166 g/mol. The maximum absolute atomic E-state index is 10.6. The molecule has 0 aromatic heterocycles. The first-order valence-electron chi connectivity index (χ1n) is 3.61. The Kier molecular flexibility index (Phi) is 2.22. The summed E-state index contributed by atoms with van der Waals surface area (Å²) in [4.78, 5) is 1.69. The van der Waals surface area contributed by atoms with Crippen molar-refractivity contribution in [2.75, 3.05) is 7.05 Å². The summed E-state index contributed by atoms with van der Waals surface area (Å²) in [6, 6.07) is 0.354. The lowest BCUT2D eigenvalue weighted by Gasteiger charge is -2.20. The Hall–Kier alpha value is -0.130. The van der Waals surface area contributed by atoms with Gasteiger partial charge in [0, 0.05) is 6.04 Å². The van der Waals surface area contributed by atoms with Crippen LogP contribution in [0.1, 0.15) is 19.8 Å². The number of hydrogen-bond donors (Lipinski definition) is 1. The van der Waals surface area contributed by atoms with Crippen LogP contribution in [0.4, 0.5) is 0 Å². The second-order valence-electron chi connectivity index (χ2n) is 3.01. The highest BCUT2D eigenvalue weighted by molar-refractivity contribution is 7.86. The first-order chi connectivity index (χ1) is 4.93. The molecule has 0 bridgehead atoms. The van der Waals surface area contributed by atoms with Gasteiger partial charge in [0.05, 0.1) is 0 Å². The lowest BCUT2D eigenvalue weighted by atomic mass is 10.5. The van der Waals surface area contributed by atoms with Crippen molar-refractivity contribution < 1.29 is 13.0 Å². The molecule has 0 radical (unpaired) electrons. The van der Waals surface area contributed by atoms with Crippen molar-refractivity contribution in [3.05, 3.63) is 0 Å². The van der Waals surface area contributed by atoms with E-state index in [0.29, 0.717) is 6.04 Å². The fourth-order valence-electron chi connectivity index (χ4n) is 0.989. The molecule has 5 heteroatoms. The van der Waals surface area contributed by atoms with Gasteiger partial charge in [0.15, 0.2) is 0 Å². The van der Waals surface area contributed by atoms with Gasteiger partial charge < -0.3 is 0 Å². The summed E-state index contributed by atoms with van der Waals surface area (Å²) < 4.78 is 29.9. The fourth-order valence-corrected chi connectivity index (χ4v) is 1.58. The summed E-state index contributed by atoms with van der Waals surface area (Å²) in [6.45, 7) is 1.49. The number of rotatable bonds is 3. The quantitative estimate of drug-likeness (QED) is 0.634. The second kappa shape index (κ2) is 2.73. The molecule has 1 saturated carbocycles. The molecule has 1 fully saturated rings. The lowest BCUT2D eigenvalue weighted by molar-refractivity contribution is 0.289. The summed E-state index contributed by atoms with van der Waals surface area (Å²) in [6.07, 6.45) is 2.08. The average molecular weight is 179 g/mol. The lowest BCUT2D eigenvalue weighted by Crippen LogP contribution is -2.37. The molecule has 4 nitrogen and oxygen atoms in total. The molecule has 0 amide bonds. The third-order valence-electron chi connectivity index (χ3n) is 2.13. The standard InChI is InChI=1S/C6H13NO3S/c1-5(11(8,9)10)7(2)6-3-4-6/h5-6H,3-4H2,1-2H3,(H,8,9,10). The predicted octanol–water partition coefficient (Wildman–Crippen LogP) is 0.314. The Morgan fingerprint density at radius 3 is 2.27 bits per heavy atom. The van der Waals surface area contributed by atoms with Crippen LogP contribution in [0.5, 0.6) is 0 Å². The van der Waals surface area contributed by atoms with Crippen LogP contribution < -0.4 is 0 Å². The van der Waals surface area contributed by atoms with Gasteiger partial charge >= 0.3 is 0 Å². The molecule has 0 aromatic carbocycles. The Balaban J connectivity index is 2.59. The van der Waals surface area contributed by atoms with Crippen LogP contribution in [-0.2, 0) is 10.1 Å². The van der Waals surface area contributed by atoms with E-state index in [9.17, 15) is 8.42 Å². The molecule has 1 aliphatic carbocycles. The molecular formula is C6H13NO3S. The molecule has 0 heterocycles. The zero-order valence-electron chi connectivity index (χ0n) is 6.69. The van der Waals surface area contributed by atoms with Crippen LogP contribution in [0.15, 0.2) is 0 Å². The normalized spacial score (nSPS) is 22.2. The maximum atomic E-state index is 10.6. The molecule has 0 aromatic rings. The van der Waals surface area contributed by atoms with Gasteiger partial charge in [-0.05, 0) is 26.8 Å². The first kappa shape index (κ1) is 8.96. The number of hydrogen-bond acceptors (Lipinski definition) is 3. The second-order valence-corrected chi connectivity index (χ2v) is 4.72. The molecule has 1 unspecified atom stereocenters. The molecule has 1 aliphatic rings. The molecule has 0 aliphatic heterocycles. The minimum Gasteiger partial charge on any atom is -0.286 e. The van der Waals surface area contributed by atoms with E-state index >= 15 is 0 Å². The summed E-state index contributed by atoms with van der Waals surface area (Å²) in [5.41, 5.74) is 0. The van der Waals surface area contributed by atoms with Gasteiger partial charge in [-0.1, -0.05) is 0 Å². The topological polar surface area (TPSA) is 57.6 Å². The third kappa shape index (κ3) is 2.15. The molecule has 1 rings (SSSR count). The molecule has 0 saturated heterocycles. The van der Waals surface area contributed by atoms with E-state index < -0.39 is 15.5 Å². The zero-order chi connectivity index (χ0) is 8.65. The summed E-state index contributed by atoms with van der Waals surface area (Å²) >= 11 is 0. The predicted molar refractivity (Wildman–Crippen MR) is 41.8 cm³/mol. The van der Waals surface area contributed by atoms with Gasteiger partial charge in [0.1, 0.15) is 5.37 Å². The van der Waals surface area contributed by atoms with Crippen LogP contribution in [0.25, 0.3) is 0 Å². The van der Waals surface area contributed by atoms with Crippen LogP contribution in [0.2, 0.25) is 0 Å². The summed E-state index contributed by atoms with van der Waals surface area (Å²) in [7, 11) is -2.16. The largest absolute Gasteiger partial charge is 0.286 e. The first-order valence-corrected chi connectivity index (χ1v) is 5.11. The van der Waals surface area contributed by atoms with Crippen molar-refractivity contribution in [3.8, 4) is 0 Å². The van der Waals surface area contributed by atoms with Gasteiger partial charge in [0.25, 0.3) is 10.1 Å². The highest BCUT2D eigenvalue weighted by Gasteiger charge is 2.33. The van der Waals surface area contributed by atoms with E-state index in [1.165, 1.54) is 6.92 Å². The minimum atomic E-state index is -3.88. The van der Waals surface area contributed by atoms with E-state index in [4.69, 9.17) is 4.55 Å². The monoisotopic (exact) mass is 179 g/mol. The van der Waals surface area contributed by atoms with E-state index in [0.717, 1.165) is 12.8 Å². The van der Waals surface area contributed by atoms with Crippen LogP contribution in [0, 0.1) is 0 Å². The molecule has 1 atom stereocenters. The fraction of sp³-hybridized carbons (Fsp3) is 1.00. The third-order valence-corrected chi connectivity index (χ3v) is 3.32. The summed E-state index contributed by atoms with van der Waals surface area (Å²) in [5.74, 6) is 0. The molecule has 11 heavy (non-hydrogen) atoms. The van der Waals surface area contributed by atoms with Gasteiger partial charge in [-0.25, -0.2) is 0 Å². The smallest absolute Gasteiger partial charge is 0.280 e. The van der Waals surface area contributed by atoms with Crippen molar-refractivity contribution in [3.63, 3.8) is 0 Å². The van der Waals surface area contributed by atoms with E-state index in [1.807, 2.05) is 0 Å². The maximum Gasteiger partial charge on any atom is 0.280 e. The molecule has 1 N–H and O–H groups in total. The Bertz CT molecular complexity index is 232. The van der Waals surface area contributed by atoms with Crippen molar-refractivity contribution in [2.24, 2.45) is 0 Å².